The van der Waals surface area contributed by atoms with E-state index in [0.717, 1.165) is 13.0 Å². The molecule has 1 aromatic heterocycles. The van der Waals surface area contributed by atoms with Crippen LogP contribution in [0.1, 0.15) is 19.4 Å². The van der Waals surface area contributed by atoms with Crippen molar-refractivity contribution in [2.45, 2.75) is 26.8 Å². The minimum atomic E-state index is -3.67. The lowest BCUT2D eigenvalue weighted by molar-refractivity contribution is 0.490. The molecule has 0 aromatic carbocycles. The van der Waals surface area contributed by atoms with Gasteiger partial charge in [0.05, 0.1) is 6.26 Å². The van der Waals surface area contributed by atoms with Crippen LogP contribution in [0.15, 0.2) is 18.5 Å². The van der Waals surface area contributed by atoms with E-state index in [9.17, 15) is 8.42 Å². The Labute approximate surface area is 85.3 Å². The molecule has 0 fully saturated rings. The summed E-state index contributed by atoms with van der Waals surface area (Å²) in [7, 11) is -3.67. The van der Waals surface area contributed by atoms with E-state index < -0.39 is 10.1 Å². The first-order valence-corrected chi connectivity index (χ1v) is 6.28. The van der Waals surface area contributed by atoms with Crippen LogP contribution >= 0.6 is 0 Å². The van der Waals surface area contributed by atoms with E-state index in [0.29, 0.717) is 6.26 Å². The van der Waals surface area contributed by atoms with Gasteiger partial charge in [0, 0.05) is 18.9 Å². The Hall–Kier alpha value is -0.810. The van der Waals surface area contributed by atoms with E-state index in [-0.39, 0.29) is 0 Å². The highest BCUT2D eigenvalue weighted by Gasteiger charge is 1.89. The third kappa shape index (κ3) is 7.82. The van der Waals surface area contributed by atoms with Gasteiger partial charge in [-0.05, 0) is 25.0 Å². The van der Waals surface area contributed by atoms with E-state index in [1.54, 1.807) is 0 Å². The van der Waals surface area contributed by atoms with Gasteiger partial charge in [0.15, 0.2) is 0 Å². The van der Waals surface area contributed by atoms with Gasteiger partial charge >= 0.3 is 0 Å². The summed E-state index contributed by atoms with van der Waals surface area (Å²) in [5, 5.41) is 0. The molecule has 0 bridgehead atoms. The molecule has 0 saturated carbocycles. The van der Waals surface area contributed by atoms with Gasteiger partial charge in [0.2, 0.25) is 0 Å². The van der Waals surface area contributed by atoms with E-state index in [1.165, 1.54) is 5.56 Å². The summed E-state index contributed by atoms with van der Waals surface area (Å²) in [5.41, 5.74) is 1.43. The zero-order valence-corrected chi connectivity index (χ0v) is 9.58. The topological polar surface area (TPSA) is 59.3 Å². The smallest absolute Gasteiger partial charge is 0.261 e. The average molecular weight is 219 g/mol. The third-order valence-corrected chi connectivity index (χ3v) is 1.59. The molecule has 1 N–H and O–H groups in total. The van der Waals surface area contributed by atoms with Gasteiger partial charge in [-0.15, -0.1) is 0 Å². The summed E-state index contributed by atoms with van der Waals surface area (Å²) in [6.45, 7) is 5.41. The molecule has 0 aliphatic carbocycles. The van der Waals surface area contributed by atoms with Crippen LogP contribution in [0.2, 0.25) is 0 Å². The highest BCUT2D eigenvalue weighted by Crippen LogP contribution is 2.00. The lowest BCUT2D eigenvalue weighted by atomic mass is 10.3. The van der Waals surface area contributed by atoms with Crippen LogP contribution in [0.4, 0.5) is 0 Å². The van der Waals surface area contributed by atoms with Crippen molar-refractivity contribution in [2.24, 2.45) is 0 Å². The molecular weight excluding hydrogens is 202 g/mol. The molecule has 0 spiro atoms. The largest absolute Gasteiger partial charge is 0.354 e. The van der Waals surface area contributed by atoms with Crippen LogP contribution in [0.25, 0.3) is 0 Å². The zero-order valence-electron chi connectivity index (χ0n) is 8.77. The molecule has 1 rings (SSSR count). The number of aryl methyl sites for hydroxylation is 2. The lowest BCUT2D eigenvalue weighted by Gasteiger charge is -1.91. The highest BCUT2D eigenvalue weighted by atomic mass is 32.2. The van der Waals surface area contributed by atoms with Crippen molar-refractivity contribution in [3.63, 3.8) is 0 Å². The van der Waals surface area contributed by atoms with Gasteiger partial charge < -0.3 is 4.57 Å². The monoisotopic (exact) mass is 219 g/mol. The number of hydrogen-bond donors (Lipinski definition) is 1. The van der Waals surface area contributed by atoms with Crippen molar-refractivity contribution in [3.8, 4) is 0 Å². The van der Waals surface area contributed by atoms with Crippen LogP contribution in [-0.2, 0) is 23.1 Å². The number of nitrogens with zero attached hydrogens (tertiary/aromatic N) is 1. The SMILES string of the molecule is CCc1ccn(CC)c1.CS(=O)(=O)O. The van der Waals surface area contributed by atoms with Crippen LogP contribution < -0.4 is 0 Å². The molecule has 0 radical (unpaired) electrons. The maximum Gasteiger partial charge on any atom is 0.261 e. The average Bonchev–Trinajstić information content (AvgIpc) is 2.48. The Bertz CT molecular complexity index is 327. The fourth-order valence-electron chi connectivity index (χ4n) is 0.896. The summed E-state index contributed by atoms with van der Waals surface area (Å²) in [5.74, 6) is 0. The van der Waals surface area contributed by atoms with E-state index in [4.69, 9.17) is 4.55 Å². The molecule has 4 nitrogen and oxygen atoms in total. The second kappa shape index (κ2) is 5.82. The van der Waals surface area contributed by atoms with Crippen molar-refractivity contribution in [1.82, 2.24) is 4.57 Å². The molecule has 0 saturated heterocycles. The number of rotatable bonds is 2. The van der Waals surface area contributed by atoms with Crippen LogP contribution in [0.3, 0.4) is 0 Å². The first-order valence-electron chi connectivity index (χ1n) is 4.44. The van der Waals surface area contributed by atoms with Crippen molar-refractivity contribution >= 4 is 10.1 Å². The third-order valence-electron chi connectivity index (χ3n) is 1.59. The summed E-state index contributed by atoms with van der Waals surface area (Å²) < 4.78 is 28.1. The summed E-state index contributed by atoms with van der Waals surface area (Å²) in [6, 6.07) is 2.17. The molecule has 0 amide bonds. The van der Waals surface area contributed by atoms with E-state index >= 15 is 0 Å². The summed E-state index contributed by atoms with van der Waals surface area (Å²) in [6.07, 6.45) is 6.18. The first-order chi connectivity index (χ1) is 6.36. The van der Waals surface area contributed by atoms with E-state index in [2.05, 4.69) is 36.9 Å². The predicted molar refractivity (Wildman–Crippen MR) is 57.0 cm³/mol. The lowest BCUT2D eigenvalue weighted by Crippen LogP contribution is -1.88. The second-order valence-electron chi connectivity index (χ2n) is 2.94. The van der Waals surface area contributed by atoms with Crippen molar-refractivity contribution in [3.05, 3.63) is 24.0 Å². The first kappa shape index (κ1) is 13.2. The fraction of sp³-hybridized carbons (Fsp3) is 0.556. The normalized spacial score (nSPS) is 10.6. The quantitative estimate of drug-likeness (QED) is 0.768. The number of hydrogen-bond acceptors (Lipinski definition) is 2. The van der Waals surface area contributed by atoms with Gasteiger partial charge in [0.1, 0.15) is 0 Å². The molecule has 14 heavy (non-hydrogen) atoms. The van der Waals surface area contributed by atoms with Gasteiger partial charge in [-0.1, -0.05) is 6.92 Å². The molecule has 1 heterocycles. The van der Waals surface area contributed by atoms with Crippen molar-refractivity contribution in [1.29, 1.82) is 0 Å². The molecule has 0 unspecified atom stereocenters. The van der Waals surface area contributed by atoms with Crippen molar-refractivity contribution in [2.75, 3.05) is 6.26 Å². The van der Waals surface area contributed by atoms with Crippen LogP contribution in [-0.4, -0.2) is 23.8 Å². The summed E-state index contributed by atoms with van der Waals surface area (Å²) in [4.78, 5) is 0. The molecule has 1 aromatic rings. The fourth-order valence-corrected chi connectivity index (χ4v) is 0.896. The Morgan fingerprint density at radius 1 is 1.43 bits per heavy atom. The van der Waals surface area contributed by atoms with Gasteiger partial charge in [-0.3, -0.25) is 4.55 Å². The Kier molecular flexibility index (Phi) is 5.49. The van der Waals surface area contributed by atoms with Gasteiger partial charge in [-0.25, -0.2) is 0 Å². The van der Waals surface area contributed by atoms with Crippen LogP contribution in [0.5, 0.6) is 0 Å². The standard InChI is InChI=1S/C8H13N.CH4O3S/c1-3-8-5-6-9(4-2)7-8;1-5(2,3)4/h5-7H,3-4H2,1-2H3;1H3,(H,2,3,4). The summed E-state index contributed by atoms with van der Waals surface area (Å²) >= 11 is 0. The van der Waals surface area contributed by atoms with Crippen molar-refractivity contribution < 1.29 is 13.0 Å². The predicted octanol–water partition coefficient (Wildman–Crippen LogP) is 1.57. The Balaban J connectivity index is 0.000000292. The van der Waals surface area contributed by atoms with Gasteiger partial charge in [0.25, 0.3) is 10.1 Å². The molecule has 0 aliphatic rings. The molecule has 0 aliphatic heterocycles. The van der Waals surface area contributed by atoms with Gasteiger partial charge in [-0.2, -0.15) is 8.42 Å². The molecular formula is C9H17NO3S. The minimum absolute atomic E-state index is 0.715. The number of aromatic nitrogens is 1. The van der Waals surface area contributed by atoms with E-state index in [1.807, 2.05) is 0 Å². The minimum Gasteiger partial charge on any atom is -0.354 e. The Morgan fingerprint density at radius 2 is 1.93 bits per heavy atom. The molecule has 0 atom stereocenters. The van der Waals surface area contributed by atoms with Crippen LogP contribution in [0, 0.1) is 0 Å². The Morgan fingerprint density at radius 3 is 2.14 bits per heavy atom. The maximum atomic E-state index is 9.19. The zero-order chi connectivity index (χ0) is 11.2. The maximum absolute atomic E-state index is 9.19. The highest BCUT2D eigenvalue weighted by molar-refractivity contribution is 7.85. The molecule has 5 heteroatoms. The second-order valence-corrected chi connectivity index (χ2v) is 4.40. The molecule has 82 valence electrons.